The molecule has 0 aliphatic carbocycles. The molecule has 0 saturated carbocycles. The zero-order valence-electron chi connectivity index (χ0n) is 9.76. The summed E-state index contributed by atoms with van der Waals surface area (Å²) in [5.74, 6) is 0.649. The van der Waals surface area contributed by atoms with Gasteiger partial charge in [0.25, 0.3) is 0 Å². The molecule has 0 aromatic carbocycles. The van der Waals surface area contributed by atoms with Crippen molar-refractivity contribution in [3.05, 3.63) is 18.0 Å². The van der Waals surface area contributed by atoms with E-state index in [9.17, 15) is 0 Å². The van der Waals surface area contributed by atoms with Crippen molar-refractivity contribution in [2.45, 2.75) is 32.2 Å². The molecule has 3 nitrogen and oxygen atoms in total. The third-order valence-corrected chi connectivity index (χ3v) is 3.39. The smallest absolute Gasteiger partial charge is 0.0522 e. The molecule has 0 saturated heterocycles. The fourth-order valence-corrected chi connectivity index (χ4v) is 1.66. The minimum Gasteiger partial charge on any atom is -0.310 e. The second-order valence-corrected chi connectivity index (χ2v) is 4.51. The van der Waals surface area contributed by atoms with Gasteiger partial charge in [-0.05, 0) is 31.9 Å². The molecule has 1 atom stereocenters. The van der Waals surface area contributed by atoms with E-state index in [-0.39, 0.29) is 5.54 Å². The molecule has 0 fully saturated rings. The molecule has 1 heterocycles. The van der Waals surface area contributed by atoms with Gasteiger partial charge in [-0.1, -0.05) is 6.92 Å². The van der Waals surface area contributed by atoms with Crippen LogP contribution in [0.4, 0.5) is 0 Å². The van der Waals surface area contributed by atoms with Gasteiger partial charge in [0.1, 0.15) is 0 Å². The molecule has 15 heavy (non-hydrogen) atoms. The van der Waals surface area contributed by atoms with Gasteiger partial charge in [-0.2, -0.15) is 5.10 Å². The lowest BCUT2D eigenvalue weighted by atomic mass is 10.0. The molecule has 0 spiro atoms. The van der Waals surface area contributed by atoms with E-state index in [4.69, 9.17) is 11.6 Å². The van der Waals surface area contributed by atoms with E-state index < -0.39 is 0 Å². The first-order valence-electron chi connectivity index (χ1n) is 5.38. The summed E-state index contributed by atoms with van der Waals surface area (Å²) in [5.41, 5.74) is 1.32. The summed E-state index contributed by atoms with van der Waals surface area (Å²) in [6.45, 7) is 5.26. The molecule has 0 radical (unpaired) electrons. The summed E-state index contributed by atoms with van der Waals surface area (Å²) in [6.07, 6.45) is 6.00. The first-order valence-corrected chi connectivity index (χ1v) is 5.91. The molecular formula is C11H20ClN3. The number of nitrogens with zero attached hydrogens (tertiary/aromatic N) is 2. The van der Waals surface area contributed by atoms with E-state index in [1.165, 1.54) is 5.56 Å². The Hall–Kier alpha value is -0.540. The van der Waals surface area contributed by atoms with Crippen LogP contribution in [0.5, 0.6) is 0 Å². The van der Waals surface area contributed by atoms with Crippen molar-refractivity contribution in [3.8, 4) is 0 Å². The maximum absolute atomic E-state index is 5.92. The molecule has 0 bridgehead atoms. The average Bonchev–Trinajstić information content (AvgIpc) is 2.64. The topological polar surface area (TPSA) is 29.9 Å². The number of halogens is 1. The van der Waals surface area contributed by atoms with E-state index in [1.807, 2.05) is 24.1 Å². The summed E-state index contributed by atoms with van der Waals surface area (Å²) in [4.78, 5) is 0. The van der Waals surface area contributed by atoms with Crippen molar-refractivity contribution in [1.29, 1.82) is 0 Å². The highest BCUT2D eigenvalue weighted by atomic mass is 35.5. The van der Waals surface area contributed by atoms with Gasteiger partial charge in [0, 0.05) is 24.7 Å². The average molecular weight is 230 g/mol. The highest BCUT2D eigenvalue weighted by molar-refractivity contribution is 6.18. The van der Waals surface area contributed by atoms with Gasteiger partial charge < -0.3 is 5.32 Å². The Bertz CT molecular complexity index is 292. The number of aromatic nitrogens is 2. The quantitative estimate of drug-likeness (QED) is 0.756. The van der Waals surface area contributed by atoms with E-state index in [0.29, 0.717) is 5.88 Å². The highest BCUT2D eigenvalue weighted by Gasteiger charge is 2.18. The summed E-state index contributed by atoms with van der Waals surface area (Å²) >= 11 is 5.92. The lowest BCUT2D eigenvalue weighted by Crippen LogP contribution is -2.44. The van der Waals surface area contributed by atoms with Crippen LogP contribution >= 0.6 is 11.6 Å². The second-order valence-electron chi connectivity index (χ2n) is 4.25. The number of alkyl halides is 1. The van der Waals surface area contributed by atoms with Gasteiger partial charge in [0.15, 0.2) is 0 Å². The zero-order chi connectivity index (χ0) is 11.3. The number of hydrogen-bond donors (Lipinski definition) is 1. The maximum Gasteiger partial charge on any atom is 0.0522 e. The molecule has 0 aliphatic heterocycles. The molecule has 1 unspecified atom stereocenters. The van der Waals surface area contributed by atoms with Crippen molar-refractivity contribution in [2.24, 2.45) is 7.05 Å². The molecule has 1 aromatic heterocycles. The van der Waals surface area contributed by atoms with Crippen LogP contribution < -0.4 is 5.32 Å². The van der Waals surface area contributed by atoms with Crippen LogP contribution in [-0.2, 0) is 13.5 Å². The van der Waals surface area contributed by atoms with Crippen molar-refractivity contribution >= 4 is 11.6 Å². The molecule has 4 heteroatoms. The van der Waals surface area contributed by atoms with Crippen LogP contribution in [0.1, 0.15) is 25.8 Å². The number of rotatable bonds is 6. The minimum absolute atomic E-state index is 0.0593. The SMILES string of the molecule is CCC(C)(CCl)NCCc1cnn(C)c1. The van der Waals surface area contributed by atoms with E-state index in [1.54, 1.807) is 0 Å². The Labute approximate surface area is 96.8 Å². The van der Waals surface area contributed by atoms with Crippen LogP contribution in [0.15, 0.2) is 12.4 Å². The van der Waals surface area contributed by atoms with Crippen LogP contribution in [0.25, 0.3) is 0 Å². The molecule has 0 aliphatic rings. The van der Waals surface area contributed by atoms with E-state index in [2.05, 4.69) is 24.3 Å². The molecule has 0 amide bonds. The van der Waals surface area contributed by atoms with Crippen LogP contribution in [0, 0.1) is 0 Å². The number of hydrogen-bond acceptors (Lipinski definition) is 2. The van der Waals surface area contributed by atoms with Gasteiger partial charge in [-0.15, -0.1) is 11.6 Å². The molecule has 1 aromatic rings. The summed E-state index contributed by atoms with van der Waals surface area (Å²) < 4.78 is 1.83. The van der Waals surface area contributed by atoms with E-state index >= 15 is 0 Å². The first-order chi connectivity index (χ1) is 7.09. The standard InChI is InChI=1S/C11H20ClN3/c1-4-11(2,9-12)13-6-5-10-7-14-15(3)8-10/h7-8,13H,4-6,9H2,1-3H3. The Morgan fingerprint density at radius 2 is 2.33 bits per heavy atom. The van der Waals surface area contributed by atoms with Gasteiger partial charge >= 0.3 is 0 Å². The lowest BCUT2D eigenvalue weighted by molar-refractivity contribution is 0.384. The van der Waals surface area contributed by atoms with Crippen molar-refractivity contribution in [2.75, 3.05) is 12.4 Å². The molecule has 86 valence electrons. The maximum atomic E-state index is 5.92. The van der Waals surface area contributed by atoms with Crippen molar-refractivity contribution < 1.29 is 0 Å². The molecule has 1 N–H and O–H groups in total. The Morgan fingerprint density at radius 1 is 1.60 bits per heavy atom. The first kappa shape index (κ1) is 12.5. The lowest BCUT2D eigenvalue weighted by Gasteiger charge is -2.27. The second kappa shape index (κ2) is 5.52. The van der Waals surface area contributed by atoms with E-state index in [0.717, 1.165) is 19.4 Å². The number of nitrogens with one attached hydrogen (secondary N) is 1. The fraction of sp³-hybridized carbons (Fsp3) is 0.727. The van der Waals surface area contributed by atoms with Crippen molar-refractivity contribution in [3.63, 3.8) is 0 Å². The Morgan fingerprint density at radius 3 is 2.80 bits per heavy atom. The molecular weight excluding hydrogens is 210 g/mol. The van der Waals surface area contributed by atoms with Crippen LogP contribution in [0.3, 0.4) is 0 Å². The largest absolute Gasteiger partial charge is 0.310 e. The third kappa shape index (κ3) is 3.84. The highest BCUT2D eigenvalue weighted by Crippen LogP contribution is 2.11. The minimum atomic E-state index is 0.0593. The summed E-state index contributed by atoms with van der Waals surface area (Å²) in [5, 5.41) is 7.62. The number of aryl methyl sites for hydroxylation is 1. The fourth-order valence-electron chi connectivity index (χ4n) is 1.38. The van der Waals surface area contributed by atoms with Gasteiger partial charge in [0.2, 0.25) is 0 Å². The van der Waals surface area contributed by atoms with Gasteiger partial charge in [0.05, 0.1) is 6.20 Å². The monoisotopic (exact) mass is 229 g/mol. The predicted molar refractivity (Wildman–Crippen MR) is 64.3 cm³/mol. The van der Waals surface area contributed by atoms with Gasteiger partial charge in [-0.3, -0.25) is 4.68 Å². The Kier molecular flexibility index (Phi) is 4.61. The van der Waals surface area contributed by atoms with Crippen LogP contribution in [-0.4, -0.2) is 27.7 Å². The zero-order valence-corrected chi connectivity index (χ0v) is 10.5. The van der Waals surface area contributed by atoms with Gasteiger partial charge in [-0.25, -0.2) is 0 Å². The summed E-state index contributed by atoms with van der Waals surface area (Å²) in [6, 6.07) is 0. The molecule has 1 rings (SSSR count). The third-order valence-electron chi connectivity index (χ3n) is 2.80. The Balaban J connectivity index is 2.32. The van der Waals surface area contributed by atoms with Crippen molar-refractivity contribution in [1.82, 2.24) is 15.1 Å². The normalized spacial score (nSPS) is 15.2. The van der Waals surface area contributed by atoms with Crippen LogP contribution in [0.2, 0.25) is 0 Å². The summed E-state index contributed by atoms with van der Waals surface area (Å²) in [7, 11) is 1.94. The predicted octanol–water partition coefficient (Wildman–Crippen LogP) is 1.96.